The van der Waals surface area contributed by atoms with Crippen molar-refractivity contribution in [3.8, 4) is 0 Å². The van der Waals surface area contributed by atoms with Gasteiger partial charge in [-0.05, 0) is 6.04 Å². The lowest BCUT2D eigenvalue weighted by atomic mass is 10.4. The average molecular weight is 158 g/mol. The van der Waals surface area contributed by atoms with Crippen LogP contribution in [0, 0.1) is 0 Å². The summed E-state index contributed by atoms with van der Waals surface area (Å²) in [4.78, 5) is 10.1. The zero-order valence-electron chi connectivity index (χ0n) is 6.64. The normalized spacial score (nSPS) is 10.3. The predicted molar refractivity (Wildman–Crippen MR) is 41.1 cm³/mol. The summed E-state index contributed by atoms with van der Waals surface area (Å²) in [6, 6.07) is 1.42. The summed E-state index contributed by atoms with van der Waals surface area (Å²) < 4.78 is 0. The Balaban J connectivity index is 3.25. The minimum atomic E-state index is -0.882. The molecule has 0 aromatic carbocycles. The lowest BCUT2D eigenvalue weighted by Crippen LogP contribution is -2.27. The smallest absolute Gasteiger partial charge is 0.0508 e. The van der Waals surface area contributed by atoms with Crippen LogP contribution in [0.3, 0.4) is 0 Å². The van der Waals surface area contributed by atoms with Crippen LogP contribution in [0.5, 0.6) is 0 Å². The fraction of sp³-hybridized carbons (Fsp3) is 0.857. The molecule has 0 saturated heterocycles. The fourth-order valence-corrected chi connectivity index (χ4v) is 2.44. The number of aliphatic carboxylic acids is 1. The molecule has 0 saturated carbocycles. The van der Waals surface area contributed by atoms with Gasteiger partial charge in [0.1, 0.15) is 0 Å². The maximum Gasteiger partial charge on any atom is 0.0508 e. The van der Waals surface area contributed by atoms with E-state index in [1.165, 1.54) is 0 Å². The summed E-state index contributed by atoms with van der Waals surface area (Å²) in [5.74, 6) is -0.882. The maximum absolute atomic E-state index is 10.1. The second kappa shape index (κ2) is 5.47. The van der Waals surface area contributed by atoms with E-state index in [-0.39, 0.29) is 0 Å². The summed E-state index contributed by atoms with van der Waals surface area (Å²) in [5, 5.41) is 10.1. The van der Waals surface area contributed by atoms with Crippen molar-refractivity contribution in [3.05, 3.63) is 0 Å². The highest BCUT2D eigenvalue weighted by molar-refractivity contribution is 6.60. The van der Waals surface area contributed by atoms with Crippen molar-refractivity contribution in [1.29, 1.82) is 0 Å². The van der Waals surface area contributed by atoms with Crippen molar-refractivity contribution < 1.29 is 9.90 Å². The molecule has 0 atom stereocenters. The van der Waals surface area contributed by atoms with Gasteiger partial charge in [0.05, 0.1) is 8.80 Å². The fourth-order valence-electron chi connectivity index (χ4n) is 0.813. The van der Waals surface area contributed by atoms with Gasteiger partial charge in [0, 0.05) is 5.97 Å². The van der Waals surface area contributed by atoms with Crippen LogP contribution in [-0.2, 0) is 4.79 Å². The second-order valence-electron chi connectivity index (χ2n) is 2.61. The molecule has 1 radical (unpaired) electrons. The first kappa shape index (κ1) is 9.69. The summed E-state index contributed by atoms with van der Waals surface area (Å²) in [7, 11) is -0.614. The lowest BCUT2D eigenvalue weighted by molar-refractivity contribution is -0.302. The quantitative estimate of drug-likeness (QED) is 0.551. The van der Waals surface area contributed by atoms with E-state index in [0.717, 1.165) is 18.9 Å². The lowest BCUT2D eigenvalue weighted by Gasteiger charge is -2.08. The van der Waals surface area contributed by atoms with E-state index in [0.29, 0.717) is 6.04 Å². The highest BCUT2D eigenvalue weighted by atomic mass is 28.3. The minimum Gasteiger partial charge on any atom is -0.550 e. The van der Waals surface area contributed by atoms with Gasteiger partial charge < -0.3 is 9.90 Å². The first-order chi connectivity index (χ1) is 4.66. The Kier molecular flexibility index (Phi) is 5.30. The first-order valence-corrected chi connectivity index (χ1v) is 6.09. The predicted octanol–water partition coefficient (Wildman–Crippen LogP) is 0.661. The molecule has 0 fully saturated rings. The van der Waals surface area contributed by atoms with Crippen LogP contribution in [0.25, 0.3) is 0 Å². The monoisotopic (exact) mass is 158 g/mol. The van der Waals surface area contributed by atoms with Gasteiger partial charge in [0.15, 0.2) is 0 Å². The number of rotatable bonds is 5. The summed E-state index contributed by atoms with van der Waals surface area (Å²) in [6.45, 7) is 4.17. The van der Waals surface area contributed by atoms with Crippen LogP contribution in [0.1, 0.15) is 19.8 Å². The topological polar surface area (TPSA) is 40.1 Å². The van der Waals surface area contributed by atoms with E-state index in [9.17, 15) is 9.90 Å². The highest BCUT2D eigenvalue weighted by Gasteiger charge is 2.02. The van der Waals surface area contributed by atoms with Crippen LogP contribution in [0.15, 0.2) is 0 Å². The largest absolute Gasteiger partial charge is 0.550 e. The Morgan fingerprint density at radius 2 is 2.20 bits per heavy atom. The Morgan fingerprint density at radius 1 is 1.60 bits per heavy atom. The first-order valence-electron chi connectivity index (χ1n) is 3.68. The number of hydrogen-bond donors (Lipinski definition) is 0. The van der Waals surface area contributed by atoms with Gasteiger partial charge in [-0.25, -0.2) is 0 Å². The summed E-state index contributed by atoms with van der Waals surface area (Å²) in [5.41, 5.74) is 0. The van der Waals surface area contributed by atoms with E-state index >= 15 is 0 Å². The van der Waals surface area contributed by atoms with E-state index in [1.54, 1.807) is 0 Å². The molecule has 0 aliphatic carbocycles. The zero-order chi connectivity index (χ0) is 7.98. The maximum atomic E-state index is 10.1. The zero-order valence-corrected chi connectivity index (χ0v) is 7.64. The van der Waals surface area contributed by atoms with Crippen molar-refractivity contribution in [1.82, 2.24) is 0 Å². The molecule has 2 nitrogen and oxygen atoms in total. The van der Waals surface area contributed by atoms with Gasteiger partial charge in [0.25, 0.3) is 0 Å². The third kappa shape index (κ3) is 5.82. The Bertz CT molecular complexity index is 104. The Hall–Kier alpha value is -0.313. The van der Waals surface area contributed by atoms with Crippen molar-refractivity contribution >= 4 is 14.8 Å². The molecular formula is C7H14O2Si-. The molecule has 0 rings (SSSR count). The van der Waals surface area contributed by atoms with E-state index in [1.807, 2.05) is 0 Å². The molecule has 3 heteroatoms. The van der Waals surface area contributed by atoms with Crippen molar-refractivity contribution in [2.24, 2.45) is 0 Å². The summed E-state index contributed by atoms with van der Waals surface area (Å²) in [6.07, 6.45) is 2.33. The molecule has 0 heterocycles. The van der Waals surface area contributed by atoms with Crippen LogP contribution in [0.2, 0.25) is 18.6 Å². The number of carbonyl (C=O) groups is 1. The molecule has 0 aromatic heterocycles. The number of unbranched alkanes of at least 4 members (excludes halogenated alkanes) is 1. The Labute approximate surface area is 63.9 Å². The molecule has 0 amide bonds. The van der Waals surface area contributed by atoms with E-state index in [4.69, 9.17) is 0 Å². The standard InChI is InChI=1S/C7H15O2Si/c1-3-4-5-10(2)6-7(8)9/h3-6H2,1-2H3,(H,8,9)/p-1. The van der Waals surface area contributed by atoms with Crippen molar-refractivity contribution in [2.75, 3.05) is 0 Å². The van der Waals surface area contributed by atoms with Gasteiger partial charge >= 0.3 is 0 Å². The third-order valence-corrected chi connectivity index (χ3v) is 3.50. The number of hydrogen-bond acceptors (Lipinski definition) is 2. The molecule has 0 aliphatic rings. The molecule has 59 valence electrons. The number of carbonyl (C=O) groups excluding carboxylic acids is 1. The molecule has 0 N–H and O–H groups in total. The van der Waals surface area contributed by atoms with Crippen LogP contribution < -0.4 is 5.11 Å². The van der Waals surface area contributed by atoms with Crippen molar-refractivity contribution in [3.63, 3.8) is 0 Å². The van der Waals surface area contributed by atoms with Crippen molar-refractivity contribution in [2.45, 2.75) is 38.4 Å². The van der Waals surface area contributed by atoms with Gasteiger partial charge in [-0.15, -0.1) is 0 Å². The minimum absolute atomic E-state index is 0.310. The van der Waals surface area contributed by atoms with E-state index < -0.39 is 14.8 Å². The van der Waals surface area contributed by atoms with Gasteiger partial charge in [-0.1, -0.05) is 32.4 Å². The molecule has 0 bridgehead atoms. The van der Waals surface area contributed by atoms with Crippen LogP contribution in [-0.4, -0.2) is 14.8 Å². The highest BCUT2D eigenvalue weighted by Crippen LogP contribution is 2.03. The van der Waals surface area contributed by atoms with Gasteiger partial charge in [0.2, 0.25) is 0 Å². The summed E-state index contributed by atoms with van der Waals surface area (Å²) >= 11 is 0. The SMILES string of the molecule is CCCC[Si](C)CC(=O)[O-]. The molecule has 0 aliphatic heterocycles. The number of carboxylic acids is 1. The molecule has 0 spiro atoms. The molecule has 0 unspecified atom stereocenters. The van der Waals surface area contributed by atoms with Gasteiger partial charge in [-0.3, -0.25) is 0 Å². The average Bonchev–Trinajstić information content (AvgIpc) is 1.82. The van der Waals surface area contributed by atoms with Crippen LogP contribution in [0.4, 0.5) is 0 Å². The number of carboxylic acid groups (broad SMARTS) is 1. The molecule has 0 aromatic rings. The van der Waals surface area contributed by atoms with Crippen LogP contribution >= 0.6 is 0 Å². The third-order valence-electron chi connectivity index (χ3n) is 1.40. The second-order valence-corrected chi connectivity index (χ2v) is 5.38. The molecule has 10 heavy (non-hydrogen) atoms. The molecular weight excluding hydrogens is 144 g/mol. The Morgan fingerprint density at radius 3 is 2.60 bits per heavy atom. The van der Waals surface area contributed by atoms with E-state index in [2.05, 4.69) is 13.5 Å². The van der Waals surface area contributed by atoms with Gasteiger partial charge in [-0.2, -0.15) is 0 Å².